The Kier molecular flexibility index (Phi) is 4.93. The lowest BCUT2D eigenvalue weighted by molar-refractivity contribution is -0.144. The Bertz CT molecular complexity index is 1430. The van der Waals surface area contributed by atoms with Crippen LogP contribution in [0.15, 0.2) is 53.1 Å². The first-order chi connectivity index (χ1) is 17.5. The Hall–Kier alpha value is -3.01. The molecule has 7 rings (SSSR count). The molecule has 2 aromatic carbocycles. The third-order valence-electron chi connectivity index (χ3n) is 8.29. The summed E-state index contributed by atoms with van der Waals surface area (Å²) >= 11 is 3.53. The number of nitrogens with zero attached hydrogens (tertiary/aromatic N) is 1. The van der Waals surface area contributed by atoms with E-state index in [0.717, 1.165) is 33.8 Å². The molecule has 0 saturated carbocycles. The van der Waals surface area contributed by atoms with Gasteiger partial charge in [0.1, 0.15) is 5.54 Å². The number of anilines is 1. The molecule has 1 aromatic heterocycles. The molecule has 3 fully saturated rings. The lowest BCUT2D eigenvalue weighted by Gasteiger charge is -2.30. The quantitative estimate of drug-likeness (QED) is 0.435. The number of aromatic nitrogens is 1. The maximum atomic E-state index is 14.0. The average Bonchev–Trinajstić information content (AvgIpc) is 3.67. The van der Waals surface area contributed by atoms with Crippen LogP contribution in [0.3, 0.4) is 0 Å². The fourth-order valence-corrected chi connectivity index (χ4v) is 7.08. The highest BCUT2D eigenvalue weighted by molar-refractivity contribution is 9.10. The van der Waals surface area contributed by atoms with E-state index in [9.17, 15) is 14.4 Å². The number of nitrogens with one attached hydrogen (secondary N) is 3. The number of imide groups is 1. The van der Waals surface area contributed by atoms with E-state index in [1.165, 1.54) is 4.90 Å². The molecule has 5 atom stereocenters. The van der Waals surface area contributed by atoms with Crippen LogP contribution >= 0.6 is 15.9 Å². The second-order valence-corrected chi connectivity index (χ2v) is 11.1. The van der Waals surface area contributed by atoms with Gasteiger partial charge < -0.3 is 15.0 Å². The van der Waals surface area contributed by atoms with Crippen LogP contribution in [-0.4, -0.2) is 52.9 Å². The zero-order valence-electron chi connectivity index (χ0n) is 19.4. The lowest BCUT2D eigenvalue weighted by Crippen LogP contribution is -2.54. The van der Waals surface area contributed by atoms with Crippen molar-refractivity contribution < 1.29 is 19.1 Å². The van der Waals surface area contributed by atoms with Crippen molar-refractivity contribution in [2.75, 3.05) is 18.5 Å². The van der Waals surface area contributed by atoms with Crippen molar-refractivity contribution in [3.63, 3.8) is 0 Å². The predicted octanol–water partition coefficient (Wildman–Crippen LogP) is 3.07. The first-order valence-corrected chi connectivity index (χ1v) is 13.2. The van der Waals surface area contributed by atoms with Gasteiger partial charge in [0, 0.05) is 45.5 Å². The number of fused-ring (bicyclic) bond motifs is 5. The normalized spacial score (nSPS) is 31.0. The van der Waals surface area contributed by atoms with E-state index in [1.54, 1.807) is 0 Å². The molecule has 36 heavy (non-hydrogen) atoms. The number of para-hydroxylation sites is 1. The summed E-state index contributed by atoms with van der Waals surface area (Å²) in [6.07, 6.45) is 4.07. The number of rotatable bonds is 4. The fourth-order valence-electron chi connectivity index (χ4n) is 6.72. The van der Waals surface area contributed by atoms with Gasteiger partial charge >= 0.3 is 0 Å². The van der Waals surface area contributed by atoms with Gasteiger partial charge in [0.05, 0.1) is 24.5 Å². The number of amides is 3. The highest BCUT2D eigenvalue weighted by Crippen LogP contribution is 2.54. The van der Waals surface area contributed by atoms with Crippen molar-refractivity contribution in [3.8, 4) is 0 Å². The van der Waals surface area contributed by atoms with Crippen LogP contribution < -0.4 is 10.6 Å². The summed E-state index contributed by atoms with van der Waals surface area (Å²) in [5, 5.41) is 7.57. The molecule has 8 nitrogen and oxygen atoms in total. The van der Waals surface area contributed by atoms with Crippen molar-refractivity contribution >= 4 is 50.2 Å². The number of carbonyl (C=O) groups is 3. The van der Waals surface area contributed by atoms with Crippen LogP contribution in [0.1, 0.15) is 24.0 Å². The second-order valence-electron chi connectivity index (χ2n) is 10.2. The number of carbonyl (C=O) groups excluding carboxylic acids is 3. The van der Waals surface area contributed by atoms with Gasteiger partial charge in [-0.2, -0.15) is 0 Å². The van der Waals surface area contributed by atoms with Crippen LogP contribution in [0.4, 0.5) is 5.69 Å². The summed E-state index contributed by atoms with van der Waals surface area (Å²) in [7, 11) is 0. The number of hydrogen-bond donors (Lipinski definition) is 3. The maximum absolute atomic E-state index is 14.0. The topological polar surface area (TPSA) is 104 Å². The third-order valence-corrected chi connectivity index (χ3v) is 8.79. The largest absolute Gasteiger partial charge is 0.376 e. The summed E-state index contributed by atoms with van der Waals surface area (Å²) in [5.74, 6) is -2.27. The van der Waals surface area contributed by atoms with E-state index in [0.29, 0.717) is 24.3 Å². The van der Waals surface area contributed by atoms with Gasteiger partial charge in [-0.05, 0) is 49.1 Å². The summed E-state index contributed by atoms with van der Waals surface area (Å²) < 4.78 is 6.56. The standard InChI is InChI=1S/C27H25BrN4O4/c28-15-7-8-20-18(11-15)27(26(35)30-20)23-22(24(33)32(25(23)34)13-16-4-3-9-36-16)21(31-27)10-14-12-29-19-6-2-1-5-17(14)19/h1-2,5-8,11-12,16,21-23,29,31H,3-4,9-10,13H2,(H,30,35)/t16-,21-,22-,23+,27+/m0/s1. The number of aromatic amines is 1. The predicted molar refractivity (Wildman–Crippen MR) is 136 cm³/mol. The van der Waals surface area contributed by atoms with Crippen molar-refractivity contribution in [1.82, 2.24) is 15.2 Å². The van der Waals surface area contributed by atoms with Gasteiger partial charge in [-0.15, -0.1) is 0 Å². The number of ether oxygens (including phenoxy) is 1. The van der Waals surface area contributed by atoms with Gasteiger partial charge in [0.25, 0.3) is 0 Å². The van der Waals surface area contributed by atoms with Crippen molar-refractivity contribution in [2.45, 2.75) is 36.9 Å². The highest BCUT2D eigenvalue weighted by atomic mass is 79.9. The van der Waals surface area contributed by atoms with Crippen LogP contribution in [0.5, 0.6) is 0 Å². The molecule has 0 aliphatic carbocycles. The van der Waals surface area contributed by atoms with Crippen LogP contribution in [0.25, 0.3) is 10.9 Å². The Morgan fingerprint density at radius 2 is 1.97 bits per heavy atom. The molecule has 3 saturated heterocycles. The van der Waals surface area contributed by atoms with E-state index in [2.05, 4.69) is 31.5 Å². The highest BCUT2D eigenvalue weighted by Gasteiger charge is 2.70. The van der Waals surface area contributed by atoms with Crippen LogP contribution in [0, 0.1) is 11.8 Å². The minimum Gasteiger partial charge on any atom is -0.376 e. The Morgan fingerprint density at radius 1 is 1.11 bits per heavy atom. The number of likely N-dealkylation sites (tertiary alicyclic amines) is 1. The minimum absolute atomic E-state index is 0.147. The van der Waals surface area contributed by atoms with E-state index in [1.807, 2.05) is 48.7 Å². The zero-order chi connectivity index (χ0) is 24.6. The van der Waals surface area contributed by atoms with Gasteiger partial charge in [-0.25, -0.2) is 0 Å². The lowest BCUT2D eigenvalue weighted by atomic mass is 9.76. The molecule has 184 valence electrons. The molecular weight excluding hydrogens is 524 g/mol. The summed E-state index contributed by atoms with van der Waals surface area (Å²) in [5.41, 5.74) is 2.12. The van der Waals surface area contributed by atoms with Gasteiger partial charge in [-0.1, -0.05) is 34.1 Å². The van der Waals surface area contributed by atoms with E-state index < -0.39 is 23.4 Å². The molecule has 0 radical (unpaired) electrons. The summed E-state index contributed by atoms with van der Waals surface area (Å²) in [6, 6.07) is 13.2. The molecule has 0 unspecified atom stereocenters. The Labute approximate surface area is 215 Å². The molecule has 3 aromatic rings. The summed E-state index contributed by atoms with van der Waals surface area (Å²) in [6.45, 7) is 0.889. The van der Waals surface area contributed by atoms with E-state index >= 15 is 0 Å². The Balaban J connectivity index is 1.33. The Morgan fingerprint density at radius 3 is 2.81 bits per heavy atom. The molecular formula is C27H25BrN4O4. The number of halogens is 1. The van der Waals surface area contributed by atoms with Crippen LogP contribution in [-0.2, 0) is 31.1 Å². The molecule has 3 N–H and O–H groups in total. The molecule has 3 amide bonds. The smallest absolute Gasteiger partial charge is 0.250 e. The van der Waals surface area contributed by atoms with E-state index in [-0.39, 0.29) is 30.4 Å². The monoisotopic (exact) mass is 548 g/mol. The van der Waals surface area contributed by atoms with Crippen molar-refractivity contribution in [3.05, 3.63) is 64.3 Å². The first kappa shape index (κ1) is 22.2. The maximum Gasteiger partial charge on any atom is 0.250 e. The van der Waals surface area contributed by atoms with Crippen molar-refractivity contribution in [1.29, 1.82) is 0 Å². The molecule has 4 aliphatic heterocycles. The minimum atomic E-state index is -1.31. The van der Waals surface area contributed by atoms with Gasteiger partial charge in [-0.3, -0.25) is 24.6 Å². The molecule has 4 aliphatic rings. The SMILES string of the molecule is O=C1[C@H]2[C@H](Cc3c[nH]c4ccccc34)N[C@@]3(C(=O)Nc4ccc(Br)cc43)[C@H]2C(=O)N1C[C@@H]1CCCO1. The number of benzene rings is 2. The zero-order valence-corrected chi connectivity index (χ0v) is 21.0. The third kappa shape index (κ3) is 3.02. The molecule has 0 bridgehead atoms. The number of H-pyrrole nitrogens is 1. The number of hydrogen-bond acceptors (Lipinski definition) is 5. The fraction of sp³-hybridized carbons (Fsp3) is 0.370. The molecule has 1 spiro atoms. The van der Waals surface area contributed by atoms with Crippen LogP contribution in [0.2, 0.25) is 0 Å². The molecule has 5 heterocycles. The second kappa shape index (κ2) is 7.99. The van der Waals surface area contributed by atoms with Crippen molar-refractivity contribution in [2.24, 2.45) is 11.8 Å². The van der Waals surface area contributed by atoms with E-state index in [4.69, 9.17) is 4.74 Å². The van der Waals surface area contributed by atoms with Gasteiger partial charge in [0.15, 0.2) is 0 Å². The van der Waals surface area contributed by atoms with Gasteiger partial charge in [0.2, 0.25) is 17.7 Å². The molecule has 9 heteroatoms. The average molecular weight is 549 g/mol. The first-order valence-electron chi connectivity index (χ1n) is 12.4. The summed E-state index contributed by atoms with van der Waals surface area (Å²) in [4.78, 5) is 46.2.